The van der Waals surface area contributed by atoms with Gasteiger partial charge >= 0.3 is 0 Å². The van der Waals surface area contributed by atoms with Gasteiger partial charge in [0.25, 0.3) is 0 Å². The number of carbonyl (C=O) groups is 2. The predicted octanol–water partition coefficient (Wildman–Crippen LogP) is 1.99. The zero-order valence-electron chi connectivity index (χ0n) is 14.9. The van der Waals surface area contributed by atoms with E-state index >= 15 is 0 Å². The van der Waals surface area contributed by atoms with Crippen molar-refractivity contribution in [2.45, 2.75) is 46.0 Å². The third-order valence-electron chi connectivity index (χ3n) is 4.54. The molecule has 1 aromatic rings. The van der Waals surface area contributed by atoms with Gasteiger partial charge in [-0.15, -0.1) is 0 Å². The lowest BCUT2D eigenvalue weighted by atomic mass is 9.95. The van der Waals surface area contributed by atoms with Gasteiger partial charge in [-0.2, -0.15) is 0 Å². The summed E-state index contributed by atoms with van der Waals surface area (Å²) in [4.78, 5) is 30.1. The summed E-state index contributed by atoms with van der Waals surface area (Å²) < 4.78 is 0. The summed E-state index contributed by atoms with van der Waals surface area (Å²) in [5.74, 6) is 0.446. The lowest BCUT2D eigenvalue weighted by Gasteiger charge is -2.30. The van der Waals surface area contributed by atoms with E-state index < -0.39 is 0 Å². The number of nitrogens with one attached hydrogen (secondary N) is 1. The Morgan fingerprint density at radius 2 is 1.96 bits per heavy atom. The van der Waals surface area contributed by atoms with Crippen LogP contribution in [0.1, 0.15) is 44.5 Å². The van der Waals surface area contributed by atoms with Gasteiger partial charge in [0.2, 0.25) is 5.91 Å². The fourth-order valence-corrected chi connectivity index (χ4v) is 3.16. The fraction of sp³-hybridized carbons (Fsp3) is 0.632. The number of rotatable bonds is 8. The van der Waals surface area contributed by atoms with Crippen molar-refractivity contribution in [1.82, 2.24) is 15.2 Å². The smallest absolute Gasteiger partial charge is 0.223 e. The van der Waals surface area contributed by atoms with Crippen LogP contribution in [0.15, 0.2) is 18.2 Å². The van der Waals surface area contributed by atoms with Crippen LogP contribution in [0.2, 0.25) is 0 Å². The van der Waals surface area contributed by atoms with Gasteiger partial charge in [-0.3, -0.25) is 19.5 Å². The third kappa shape index (κ3) is 6.04. The van der Waals surface area contributed by atoms with Crippen molar-refractivity contribution in [1.29, 1.82) is 0 Å². The molecular formula is C19H29N3O2. The normalized spacial score (nSPS) is 16.1. The van der Waals surface area contributed by atoms with Crippen LogP contribution in [0.4, 0.5) is 0 Å². The number of hydrogen-bond donors (Lipinski definition) is 1. The van der Waals surface area contributed by atoms with Crippen LogP contribution in [-0.4, -0.2) is 47.8 Å². The standard InChI is InChI=1S/C19H29N3O2/c1-3-17-6-4-7-18(21-17)8-5-11-20-19(24)16-9-12-22(13-10-16)14-15(2)23/h4,6-7,16H,3,5,8-14H2,1-2H3,(H,20,24). The highest BCUT2D eigenvalue weighted by Gasteiger charge is 2.24. The topological polar surface area (TPSA) is 62.3 Å². The zero-order valence-corrected chi connectivity index (χ0v) is 14.9. The number of nitrogens with zero attached hydrogens (tertiary/aromatic N) is 2. The molecule has 1 fully saturated rings. The van der Waals surface area contributed by atoms with Gasteiger partial charge in [0.1, 0.15) is 5.78 Å². The average Bonchev–Trinajstić information content (AvgIpc) is 2.59. The highest BCUT2D eigenvalue weighted by Crippen LogP contribution is 2.17. The van der Waals surface area contributed by atoms with Gasteiger partial charge in [-0.1, -0.05) is 13.0 Å². The molecule has 0 atom stereocenters. The molecule has 0 spiro atoms. The number of piperidine rings is 1. The molecule has 132 valence electrons. The van der Waals surface area contributed by atoms with Gasteiger partial charge in [0, 0.05) is 23.9 Å². The summed E-state index contributed by atoms with van der Waals surface area (Å²) >= 11 is 0. The van der Waals surface area contributed by atoms with Gasteiger partial charge in [-0.05, 0) is 64.3 Å². The van der Waals surface area contributed by atoms with Crippen LogP contribution in [0, 0.1) is 5.92 Å². The fourth-order valence-electron chi connectivity index (χ4n) is 3.16. The Kier molecular flexibility index (Phi) is 7.37. The number of carbonyl (C=O) groups excluding carboxylic acids is 2. The molecule has 1 aliphatic rings. The minimum Gasteiger partial charge on any atom is -0.356 e. The molecule has 0 bridgehead atoms. The summed E-state index contributed by atoms with van der Waals surface area (Å²) in [6.45, 7) is 6.61. The maximum atomic E-state index is 12.2. The minimum absolute atomic E-state index is 0.0924. The maximum Gasteiger partial charge on any atom is 0.223 e. The Morgan fingerprint density at radius 1 is 1.25 bits per heavy atom. The van der Waals surface area contributed by atoms with Gasteiger partial charge in [0.05, 0.1) is 6.54 Å². The van der Waals surface area contributed by atoms with Crippen LogP contribution >= 0.6 is 0 Å². The molecule has 1 N–H and O–H groups in total. The second-order valence-corrected chi connectivity index (χ2v) is 6.62. The molecule has 0 unspecified atom stereocenters. The molecule has 1 aromatic heterocycles. The average molecular weight is 331 g/mol. The summed E-state index contributed by atoms with van der Waals surface area (Å²) in [7, 11) is 0. The monoisotopic (exact) mass is 331 g/mol. The lowest BCUT2D eigenvalue weighted by Crippen LogP contribution is -2.42. The second kappa shape index (κ2) is 9.52. The molecule has 2 heterocycles. The molecule has 2 rings (SSSR count). The summed E-state index contributed by atoms with van der Waals surface area (Å²) in [5.41, 5.74) is 2.22. The predicted molar refractivity (Wildman–Crippen MR) is 94.8 cm³/mol. The van der Waals surface area contributed by atoms with E-state index in [1.165, 1.54) is 0 Å². The Morgan fingerprint density at radius 3 is 2.62 bits per heavy atom. The van der Waals surface area contributed by atoms with E-state index in [1.807, 2.05) is 12.1 Å². The van der Waals surface area contributed by atoms with Crippen LogP contribution in [0.25, 0.3) is 0 Å². The number of ketones is 1. The number of aryl methyl sites for hydroxylation is 2. The molecule has 1 saturated heterocycles. The van der Waals surface area contributed by atoms with E-state index in [1.54, 1.807) is 6.92 Å². The maximum absolute atomic E-state index is 12.2. The molecule has 5 nitrogen and oxygen atoms in total. The number of Topliss-reactive ketones (excluding diaryl/α,β-unsaturated/α-hetero) is 1. The quantitative estimate of drug-likeness (QED) is 0.740. The first-order chi connectivity index (χ1) is 11.6. The summed E-state index contributed by atoms with van der Waals surface area (Å²) in [6, 6.07) is 6.14. The summed E-state index contributed by atoms with van der Waals surface area (Å²) in [5, 5.41) is 3.05. The van der Waals surface area contributed by atoms with Crippen LogP contribution < -0.4 is 5.32 Å². The number of hydrogen-bond acceptors (Lipinski definition) is 4. The highest BCUT2D eigenvalue weighted by molar-refractivity contribution is 5.79. The van der Waals surface area contributed by atoms with E-state index in [9.17, 15) is 9.59 Å². The van der Waals surface area contributed by atoms with E-state index in [4.69, 9.17) is 0 Å². The van der Waals surface area contributed by atoms with Crippen LogP contribution in [-0.2, 0) is 22.4 Å². The van der Waals surface area contributed by atoms with E-state index in [2.05, 4.69) is 28.2 Å². The number of pyridine rings is 1. The first kappa shape index (κ1) is 18.6. The molecule has 0 radical (unpaired) electrons. The Balaban J connectivity index is 1.64. The first-order valence-electron chi connectivity index (χ1n) is 9.02. The third-order valence-corrected chi connectivity index (χ3v) is 4.54. The molecular weight excluding hydrogens is 302 g/mol. The first-order valence-corrected chi connectivity index (χ1v) is 9.02. The van der Waals surface area contributed by atoms with Crippen molar-refractivity contribution < 1.29 is 9.59 Å². The zero-order chi connectivity index (χ0) is 17.4. The van der Waals surface area contributed by atoms with Crippen molar-refractivity contribution in [3.63, 3.8) is 0 Å². The van der Waals surface area contributed by atoms with E-state index in [-0.39, 0.29) is 17.6 Å². The van der Waals surface area contributed by atoms with Gasteiger partial charge < -0.3 is 5.32 Å². The van der Waals surface area contributed by atoms with Crippen molar-refractivity contribution in [3.05, 3.63) is 29.6 Å². The van der Waals surface area contributed by atoms with Crippen LogP contribution in [0.3, 0.4) is 0 Å². The largest absolute Gasteiger partial charge is 0.356 e. The molecule has 5 heteroatoms. The van der Waals surface area contributed by atoms with Crippen molar-refractivity contribution in [2.24, 2.45) is 5.92 Å². The molecule has 1 amide bonds. The van der Waals surface area contributed by atoms with E-state index in [0.717, 1.165) is 56.6 Å². The Bertz CT molecular complexity index is 551. The minimum atomic E-state index is 0.0924. The number of aromatic nitrogens is 1. The molecule has 0 aromatic carbocycles. The highest BCUT2D eigenvalue weighted by atomic mass is 16.2. The SMILES string of the molecule is CCc1cccc(CCCNC(=O)C2CCN(CC(C)=O)CC2)n1. The lowest BCUT2D eigenvalue weighted by molar-refractivity contribution is -0.126. The van der Waals surface area contributed by atoms with Crippen LogP contribution in [0.5, 0.6) is 0 Å². The molecule has 24 heavy (non-hydrogen) atoms. The van der Waals surface area contributed by atoms with Gasteiger partial charge in [-0.25, -0.2) is 0 Å². The number of amides is 1. The van der Waals surface area contributed by atoms with E-state index in [0.29, 0.717) is 13.1 Å². The Hall–Kier alpha value is -1.75. The number of likely N-dealkylation sites (tertiary alicyclic amines) is 1. The molecule has 0 saturated carbocycles. The van der Waals surface area contributed by atoms with Crippen molar-refractivity contribution in [3.8, 4) is 0 Å². The van der Waals surface area contributed by atoms with Crippen molar-refractivity contribution >= 4 is 11.7 Å². The molecule has 1 aliphatic heterocycles. The van der Waals surface area contributed by atoms with Crippen molar-refractivity contribution in [2.75, 3.05) is 26.2 Å². The Labute approximate surface area is 144 Å². The second-order valence-electron chi connectivity index (χ2n) is 6.62. The van der Waals surface area contributed by atoms with Gasteiger partial charge in [0.15, 0.2) is 0 Å². The molecule has 0 aliphatic carbocycles. The summed E-state index contributed by atoms with van der Waals surface area (Å²) in [6.07, 6.45) is 4.45.